The number of methoxy groups -OCH3 is 1. The van der Waals surface area contributed by atoms with E-state index in [1.165, 1.54) is 11.8 Å². The number of hydrogen-bond acceptors (Lipinski definition) is 4. The first-order chi connectivity index (χ1) is 12.1. The molecule has 6 heteroatoms. The van der Waals surface area contributed by atoms with Crippen molar-refractivity contribution in [1.29, 1.82) is 0 Å². The lowest BCUT2D eigenvalue weighted by Gasteiger charge is -2.08. The van der Waals surface area contributed by atoms with Gasteiger partial charge in [0.2, 0.25) is 5.91 Å². The minimum absolute atomic E-state index is 0.119. The zero-order chi connectivity index (χ0) is 17.6. The van der Waals surface area contributed by atoms with Crippen LogP contribution in [0.2, 0.25) is 0 Å². The number of thioether (sulfide) groups is 1. The second kappa shape index (κ2) is 7.98. The summed E-state index contributed by atoms with van der Waals surface area (Å²) in [6, 6.07) is 16.8. The van der Waals surface area contributed by atoms with Gasteiger partial charge in [-0.25, -0.2) is 4.99 Å². The lowest BCUT2D eigenvalue weighted by molar-refractivity contribution is -0.121. The van der Waals surface area contributed by atoms with Crippen molar-refractivity contribution < 1.29 is 14.3 Å². The topological polar surface area (TPSA) is 67.8 Å². The molecule has 5 nitrogen and oxygen atoms in total. The van der Waals surface area contributed by atoms with Gasteiger partial charge >= 0.3 is 0 Å². The fourth-order valence-electron chi connectivity index (χ4n) is 2.47. The lowest BCUT2D eigenvalue weighted by Crippen LogP contribution is -2.21. The molecule has 0 aliphatic carbocycles. The lowest BCUT2D eigenvalue weighted by atomic mass is 10.1. The van der Waals surface area contributed by atoms with Crippen molar-refractivity contribution in [3.8, 4) is 5.75 Å². The average Bonchev–Trinajstić information content (AvgIpc) is 2.95. The molecule has 1 heterocycles. The molecular formula is C19H18N2O3S. The van der Waals surface area contributed by atoms with Crippen molar-refractivity contribution in [2.75, 3.05) is 12.4 Å². The van der Waals surface area contributed by atoms with Gasteiger partial charge in [-0.2, -0.15) is 0 Å². The average molecular weight is 354 g/mol. The second-order valence-electron chi connectivity index (χ2n) is 5.59. The van der Waals surface area contributed by atoms with Crippen molar-refractivity contribution in [3.05, 3.63) is 60.2 Å². The van der Waals surface area contributed by atoms with E-state index in [0.29, 0.717) is 6.42 Å². The molecule has 1 N–H and O–H groups in total. The largest absolute Gasteiger partial charge is 0.497 e. The Morgan fingerprint density at radius 2 is 1.88 bits per heavy atom. The van der Waals surface area contributed by atoms with Gasteiger partial charge in [0.25, 0.3) is 5.91 Å². The van der Waals surface area contributed by atoms with Crippen molar-refractivity contribution in [1.82, 2.24) is 0 Å². The molecule has 0 saturated heterocycles. The number of anilines is 1. The van der Waals surface area contributed by atoms with Gasteiger partial charge in [0.15, 0.2) is 0 Å². The van der Waals surface area contributed by atoms with Gasteiger partial charge in [0.1, 0.15) is 11.0 Å². The van der Waals surface area contributed by atoms with Gasteiger partial charge < -0.3 is 10.1 Å². The SMILES string of the molecule is COc1ccc(CC2=NC(=O)C(CC(=O)Nc3ccccc3)S2)cc1. The first-order valence-corrected chi connectivity index (χ1v) is 8.78. The molecule has 128 valence electrons. The maximum absolute atomic E-state index is 12.1. The minimum Gasteiger partial charge on any atom is -0.497 e. The molecule has 1 atom stereocenters. The number of benzene rings is 2. The number of nitrogens with zero attached hydrogens (tertiary/aromatic N) is 1. The van der Waals surface area contributed by atoms with E-state index < -0.39 is 5.25 Å². The van der Waals surface area contributed by atoms with Crippen LogP contribution >= 0.6 is 11.8 Å². The highest BCUT2D eigenvalue weighted by Crippen LogP contribution is 2.28. The summed E-state index contributed by atoms with van der Waals surface area (Å²) in [6.45, 7) is 0. The van der Waals surface area contributed by atoms with Gasteiger partial charge in [-0.1, -0.05) is 42.1 Å². The maximum atomic E-state index is 12.1. The van der Waals surface area contributed by atoms with E-state index in [1.807, 2.05) is 54.6 Å². The Morgan fingerprint density at radius 1 is 1.16 bits per heavy atom. The van der Waals surface area contributed by atoms with Crippen LogP contribution in [0, 0.1) is 0 Å². The smallest absolute Gasteiger partial charge is 0.260 e. The van der Waals surface area contributed by atoms with E-state index in [2.05, 4.69) is 10.3 Å². The number of hydrogen-bond donors (Lipinski definition) is 1. The second-order valence-corrected chi connectivity index (χ2v) is 6.87. The van der Waals surface area contributed by atoms with Crippen molar-refractivity contribution in [3.63, 3.8) is 0 Å². The summed E-state index contributed by atoms with van der Waals surface area (Å²) in [5.74, 6) is 0.367. The quantitative estimate of drug-likeness (QED) is 0.864. The molecule has 0 spiro atoms. The zero-order valence-corrected chi connectivity index (χ0v) is 14.6. The van der Waals surface area contributed by atoms with Crippen LogP contribution in [0.15, 0.2) is 59.6 Å². The maximum Gasteiger partial charge on any atom is 0.260 e. The zero-order valence-electron chi connectivity index (χ0n) is 13.8. The molecule has 2 aromatic carbocycles. The standard InChI is InChI=1S/C19H18N2O3S/c1-24-15-9-7-13(8-10-15)11-18-21-19(23)16(25-18)12-17(22)20-14-5-3-2-4-6-14/h2-10,16H,11-12H2,1H3,(H,20,22). The molecular weight excluding hydrogens is 336 g/mol. The highest BCUT2D eigenvalue weighted by Gasteiger charge is 2.30. The van der Waals surface area contributed by atoms with Gasteiger partial charge in [-0.3, -0.25) is 9.59 Å². The number of ether oxygens (including phenoxy) is 1. The third-order valence-corrected chi connectivity index (χ3v) is 4.89. The van der Waals surface area contributed by atoms with E-state index in [9.17, 15) is 9.59 Å². The molecule has 1 aliphatic rings. The Bertz CT molecular complexity index is 788. The summed E-state index contributed by atoms with van der Waals surface area (Å²) in [6.07, 6.45) is 0.700. The van der Waals surface area contributed by atoms with Crippen molar-refractivity contribution in [2.24, 2.45) is 4.99 Å². The van der Waals surface area contributed by atoms with E-state index in [0.717, 1.165) is 22.0 Å². The Balaban J connectivity index is 1.54. The summed E-state index contributed by atoms with van der Waals surface area (Å²) in [4.78, 5) is 28.3. The predicted molar refractivity (Wildman–Crippen MR) is 100 cm³/mol. The Hall–Kier alpha value is -2.60. The fourth-order valence-corrected chi connectivity index (χ4v) is 3.58. The van der Waals surface area contributed by atoms with Crippen molar-refractivity contribution >= 4 is 34.3 Å². The first-order valence-electron chi connectivity index (χ1n) is 7.90. The Morgan fingerprint density at radius 3 is 2.56 bits per heavy atom. The molecule has 0 saturated carbocycles. The number of para-hydroxylation sites is 1. The van der Waals surface area contributed by atoms with Crippen LogP contribution in [0.3, 0.4) is 0 Å². The van der Waals surface area contributed by atoms with Crippen LogP contribution < -0.4 is 10.1 Å². The number of carbonyl (C=O) groups excluding carboxylic acids is 2. The first kappa shape index (κ1) is 17.2. The molecule has 1 unspecified atom stereocenters. The monoisotopic (exact) mass is 354 g/mol. The summed E-state index contributed by atoms with van der Waals surface area (Å²) in [7, 11) is 1.62. The van der Waals surface area contributed by atoms with Crippen LogP contribution in [0.25, 0.3) is 0 Å². The van der Waals surface area contributed by atoms with Crippen LogP contribution in [-0.2, 0) is 16.0 Å². The molecule has 1 aliphatic heterocycles. The number of aliphatic imine (C=N–C) groups is 1. The summed E-state index contributed by atoms with van der Waals surface area (Å²) in [5.41, 5.74) is 1.77. The molecule has 0 aromatic heterocycles. The van der Waals surface area contributed by atoms with Crippen molar-refractivity contribution in [2.45, 2.75) is 18.1 Å². The molecule has 0 fully saturated rings. The fraction of sp³-hybridized carbons (Fsp3) is 0.211. The van der Waals surface area contributed by atoms with Crippen LogP contribution in [0.1, 0.15) is 12.0 Å². The van der Waals surface area contributed by atoms with E-state index >= 15 is 0 Å². The normalized spacial score (nSPS) is 16.4. The summed E-state index contributed by atoms with van der Waals surface area (Å²) < 4.78 is 5.13. The highest BCUT2D eigenvalue weighted by molar-refractivity contribution is 8.15. The summed E-state index contributed by atoms with van der Waals surface area (Å²) >= 11 is 1.37. The molecule has 25 heavy (non-hydrogen) atoms. The van der Waals surface area contributed by atoms with E-state index in [4.69, 9.17) is 4.74 Å². The van der Waals surface area contributed by atoms with Gasteiger partial charge in [0.05, 0.1) is 12.2 Å². The summed E-state index contributed by atoms with van der Waals surface area (Å²) in [5, 5.41) is 3.09. The van der Waals surface area contributed by atoms with Gasteiger partial charge in [-0.15, -0.1) is 0 Å². The Labute approximate surface area is 150 Å². The highest BCUT2D eigenvalue weighted by atomic mass is 32.2. The number of rotatable bonds is 6. The van der Waals surface area contributed by atoms with E-state index in [-0.39, 0.29) is 18.2 Å². The van der Waals surface area contributed by atoms with Crippen LogP contribution in [-0.4, -0.2) is 29.2 Å². The third kappa shape index (κ3) is 4.70. The minimum atomic E-state index is -0.447. The van der Waals surface area contributed by atoms with Crippen LogP contribution in [0.5, 0.6) is 5.75 Å². The third-order valence-electron chi connectivity index (χ3n) is 3.73. The van der Waals surface area contributed by atoms with Gasteiger partial charge in [-0.05, 0) is 29.8 Å². The number of carbonyl (C=O) groups is 2. The molecule has 2 amide bonds. The molecule has 2 aromatic rings. The molecule has 0 radical (unpaired) electrons. The van der Waals surface area contributed by atoms with Crippen LogP contribution in [0.4, 0.5) is 5.69 Å². The Kier molecular flexibility index (Phi) is 5.50. The molecule has 3 rings (SSSR count). The van der Waals surface area contributed by atoms with Gasteiger partial charge in [0, 0.05) is 18.5 Å². The molecule has 0 bridgehead atoms. The number of amides is 2. The number of nitrogens with one attached hydrogen (secondary N) is 1. The van der Waals surface area contributed by atoms with E-state index in [1.54, 1.807) is 7.11 Å². The predicted octanol–water partition coefficient (Wildman–Crippen LogP) is 3.31.